The molecule has 9 heteroatoms. The Morgan fingerprint density at radius 1 is 1.26 bits per heavy atom. The molecule has 0 spiro atoms. The van der Waals surface area contributed by atoms with E-state index in [9.17, 15) is 18.0 Å². The van der Waals surface area contributed by atoms with E-state index in [0.717, 1.165) is 10.8 Å². The number of alkyl halides is 2. The van der Waals surface area contributed by atoms with Gasteiger partial charge in [-0.05, 0) is 25.0 Å². The topological polar surface area (TPSA) is 63.9 Å². The van der Waals surface area contributed by atoms with Crippen LogP contribution in [0.5, 0.6) is 0 Å². The van der Waals surface area contributed by atoms with Crippen LogP contribution in [0, 0.1) is 5.82 Å². The van der Waals surface area contributed by atoms with E-state index in [1.165, 1.54) is 6.33 Å². The molecule has 1 unspecified atom stereocenters. The second-order valence-electron chi connectivity index (χ2n) is 6.34. The lowest BCUT2D eigenvalue weighted by Gasteiger charge is -2.27. The Kier molecular flexibility index (Phi) is 4.51. The highest BCUT2D eigenvalue weighted by molar-refractivity contribution is 5.77. The molecule has 1 fully saturated rings. The third-order valence-corrected chi connectivity index (χ3v) is 4.68. The maximum atomic E-state index is 14.2. The zero-order chi connectivity index (χ0) is 19.0. The summed E-state index contributed by atoms with van der Waals surface area (Å²) in [7, 11) is 0. The molecule has 0 aliphatic carbocycles. The molecule has 1 aliphatic heterocycles. The third-order valence-electron chi connectivity index (χ3n) is 4.68. The Balaban J connectivity index is 1.89. The molecule has 140 valence electrons. The second kappa shape index (κ2) is 6.98. The molecule has 1 aromatic carbocycles. The van der Waals surface area contributed by atoms with Crippen LogP contribution in [0.25, 0.3) is 10.9 Å². The molecule has 1 saturated heterocycles. The second-order valence-corrected chi connectivity index (χ2v) is 6.34. The van der Waals surface area contributed by atoms with Gasteiger partial charge in [-0.15, -0.1) is 0 Å². The largest absolute Gasteiger partial charge is 0.344 e. The van der Waals surface area contributed by atoms with Gasteiger partial charge in [0.1, 0.15) is 12.2 Å². The minimum absolute atomic E-state index is 0.0819. The lowest BCUT2D eigenvalue weighted by Crippen LogP contribution is -2.34. The first kappa shape index (κ1) is 17.4. The van der Waals surface area contributed by atoms with Gasteiger partial charge in [-0.1, -0.05) is 12.1 Å². The number of anilines is 1. The van der Waals surface area contributed by atoms with Crippen molar-refractivity contribution in [3.63, 3.8) is 0 Å². The third kappa shape index (κ3) is 3.13. The van der Waals surface area contributed by atoms with Crippen LogP contribution in [0.15, 0.2) is 41.6 Å². The first-order chi connectivity index (χ1) is 13.1. The van der Waals surface area contributed by atoms with Crippen molar-refractivity contribution in [2.75, 3.05) is 11.4 Å². The fourth-order valence-corrected chi connectivity index (χ4v) is 3.56. The first-order valence-electron chi connectivity index (χ1n) is 8.56. The monoisotopic (exact) mass is 375 g/mol. The number of halogens is 3. The highest BCUT2D eigenvalue weighted by Gasteiger charge is 2.33. The zero-order valence-electron chi connectivity index (χ0n) is 14.2. The Bertz CT molecular complexity index is 1040. The van der Waals surface area contributed by atoms with Crippen molar-refractivity contribution in [2.45, 2.75) is 31.9 Å². The molecule has 0 radical (unpaired) electrons. The number of fused-ring (bicyclic) bond motifs is 1. The normalized spacial score (nSPS) is 17.2. The first-order valence-corrected chi connectivity index (χ1v) is 8.56. The summed E-state index contributed by atoms with van der Waals surface area (Å²) in [5.41, 5.74) is -0.0936. The van der Waals surface area contributed by atoms with E-state index in [-0.39, 0.29) is 17.0 Å². The van der Waals surface area contributed by atoms with Crippen LogP contribution in [0.1, 0.15) is 24.7 Å². The highest BCUT2D eigenvalue weighted by Crippen LogP contribution is 2.35. The van der Waals surface area contributed by atoms with Gasteiger partial charge in [0.05, 0.1) is 29.7 Å². The molecule has 6 nitrogen and oxygen atoms in total. The van der Waals surface area contributed by atoms with E-state index in [1.807, 2.05) is 0 Å². The number of hydrogen-bond donors (Lipinski definition) is 0. The Morgan fingerprint density at radius 3 is 2.85 bits per heavy atom. The van der Waals surface area contributed by atoms with Crippen molar-refractivity contribution in [1.82, 2.24) is 19.5 Å². The van der Waals surface area contributed by atoms with E-state index in [0.29, 0.717) is 24.9 Å². The number of aromatic nitrogens is 4. The Hall–Kier alpha value is -2.97. The number of nitrogens with zero attached hydrogens (tertiary/aromatic N) is 5. The van der Waals surface area contributed by atoms with Gasteiger partial charge in [-0.2, -0.15) is 0 Å². The SMILES string of the molecule is O=c1c2ccccc2nc(C2CCCN2c2ncncc2F)n1CC(F)F. The molecule has 1 aliphatic rings. The molecule has 0 N–H and O–H groups in total. The van der Waals surface area contributed by atoms with E-state index < -0.39 is 30.4 Å². The van der Waals surface area contributed by atoms with E-state index in [4.69, 9.17) is 0 Å². The number of rotatable bonds is 4. The van der Waals surface area contributed by atoms with Crippen molar-refractivity contribution in [1.29, 1.82) is 0 Å². The van der Waals surface area contributed by atoms with Gasteiger partial charge in [0.15, 0.2) is 11.6 Å². The van der Waals surface area contributed by atoms with Crippen molar-refractivity contribution < 1.29 is 13.2 Å². The summed E-state index contributed by atoms with van der Waals surface area (Å²) in [5, 5.41) is 0.277. The van der Waals surface area contributed by atoms with Gasteiger partial charge in [-0.25, -0.2) is 28.1 Å². The van der Waals surface area contributed by atoms with Gasteiger partial charge >= 0.3 is 0 Å². The molecular formula is C18H16F3N5O. The van der Waals surface area contributed by atoms with Crippen molar-refractivity contribution in [3.8, 4) is 0 Å². The molecule has 3 aromatic rings. The Labute approximate surface area is 152 Å². The van der Waals surface area contributed by atoms with Crippen molar-refractivity contribution in [3.05, 3.63) is 58.8 Å². The van der Waals surface area contributed by atoms with E-state index in [2.05, 4.69) is 15.0 Å². The van der Waals surface area contributed by atoms with Crippen LogP contribution in [0.4, 0.5) is 19.0 Å². The fraction of sp³-hybridized carbons (Fsp3) is 0.333. The molecule has 0 bridgehead atoms. The summed E-state index contributed by atoms with van der Waals surface area (Å²) in [6.07, 6.45) is 0.823. The zero-order valence-corrected chi connectivity index (χ0v) is 14.2. The number of benzene rings is 1. The van der Waals surface area contributed by atoms with Crippen molar-refractivity contribution in [2.24, 2.45) is 0 Å². The summed E-state index contributed by atoms with van der Waals surface area (Å²) in [6.45, 7) is -0.279. The fourth-order valence-electron chi connectivity index (χ4n) is 3.56. The van der Waals surface area contributed by atoms with Crippen LogP contribution in [-0.4, -0.2) is 32.5 Å². The summed E-state index contributed by atoms with van der Waals surface area (Å²) in [5.74, 6) is -0.319. The summed E-state index contributed by atoms with van der Waals surface area (Å²) in [4.78, 5) is 26.6. The predicted molar refractivity (Wildman–Crippen MR) is 93.3 cm³/mol. The summed E-state index contributed by atoms with van der Waals surface area (Å²) < 4.78 is 41.5. The van der Waals surface area contributed by atoms with Crippen LogP contribution in [0.3, 0.4) is 0 Å². The average molecular weight is 375 g/mol. The Morgan fingerprint density at radius 2 is 2.07 bits per heavy atom. The quantitative estimate of drug-likeness (QED) is 0.702. The lowest BCUT2D eigenvalue weighted by atomic mass is 10.1. The molecular weight excluding hydrogens is 359 g/mol. The van der Waals surface area contributed by atoms with Gasteiger partial charge in [0, 0.05) is 6.54 Å². The van der Waals surface area contributed by atoms with E-state index in [1.54, 1.807) is 29.2 Å². The van der Waals surface area contributed by atoms with Gasteiger partial charge in [0.25, 0.3) is 12.0 Å². The molecule has 27 heavy (non-hydrogen) atoms. The molecule has 2 aromatic heterocycles. The molecule has 3 heterocycles. The summed E-state index contributed by atoms with van der Waals surface area (Å²) in [6, 6.07) is 6.10. The number of hydrogen-bond acceptors (Lipinski definition) is 5. The highest BCUT2D eigenvalue weighted by atomic mass is 19.3. The van der Waals surface area contributed by atoms with Crippen LogP contribution < -0.4 is 10.5 Å². The van der Waals surface area contributed by atoms with Gasteiger partial charge in [-0.3, -0.25) is 9.36 Å². The minimum Gasteiger partial charge on any atom is -0.344 e. The molecule has 0 saturated carbocycles. The van der Waals surface area contributed by atoms with Crippen LogP contribution in [0.2, 0.25) is 0 Å². The molecule has 4 rings (SSSR count). The predicted octanol–water partition coefficient (Wildman–Crippen LogP) is 2.93. The smallest absolute Gasteiger partial charge is 0.261 e. The standard InChI is InChI=1S/C18H16F3N5O/c19-12-8-22-10-23-16(12)25-7-3-6-14(25)17-24-13-5-2-1-4-11(13)18(27)26(17)9-15(20)21/h1-2,4-5,8,10,14-15H,3,6-7,9H2. The van der Waals surface area contributed by atoms with Crippen LogP contribution >= 0.6 is 0 Å². The number of para-hydroxylation sites is 1. The van der Waals surface area contributed by atoms with Crippen LogP contribution in [-0.2, 0) is 6.54 Å². The molecule has 1 atom stereocenters. The van der Waals surface area contributed by atoms with Crippen molar-refractivity contribution >= 4 is 16.7 Å². The van der Waals surface area contributed by atoms with Gasteiger partial charge in [0.2, 0.25) is 0 Å². The maximum absolute atomic E-state index is 14.2. The average Bonchev–Trinajstić information content (AvgIpc) is 3.13. The lowest BCUT2D eigenvalue weighted by molar-refractivity contribution is 0.123. The molecule has 0 amide bonds. The maximum Gasteiger partial charge on any atom is 0.261 e. The van der Waals surface area contributed by atoms with E-state index >= 15 is 0 Å². The summed E-state index contributed by atoms with van der Waals surface area (Å²) >= 11 is 0. The minimum atomic E-state index is -2.71. The van der Waals surface area contributed by atoms with Gasteiger partial charge < -0.3 is 4.90 Å².